The molecule has 0 rings (SSSR count). The smallest absolute Gasteiger partial charge is 0.314 e. The molecule has 0 radical (unpaired) electrons. The van der Waals surface area contributed by atoms with Crippen LogP contribution in [0.15, 0.2) is 0 Å². The Morgan fingerprint density at radius 1 is 1.38 bits per heavy atom. The number of carbonyl (C=O) groups is 2. The fourth-order valence-corrected chi connectivity index (χ4v) is 0.998. The third-order valence-electron chi connectivity index (χ3n) is 1.72. The minimum absolute atomic E-state index is 0.186. The first-order chi connectivity index (χ1) is 6.04. The average Bonchev–Trinajstić information content (AvgIpc) is 2.11. The highest BCUT2D eigenvalue weighted by Crippen LogP contribution is 2.10. The second-order valence-corrected chi connectivity index (χ2v) is 2.78. The van der Waals surface area contributed by atoms with Gasteiger partial charge in [-0.05, 0) is 6.42 Å². The van der Waals surface area contributed by atoms with E-state index in [0.29, 0.717) is 6.42 Å². The molecular formula is C8H14O5. The first-order valence-corrected chi connectivity index (χ1v) is 4.10. The van der Waals surface area contributed by atoms with Crippen molar-refractivity contribution in [3.8, 4) is 0 Å². The lowest BCUT2D eigenvalue weighted by molar-refractivity contribution is -0.150. The summed E-state index contributed by atoms with van der Waals surface area (Å²) in [6.07, 6.45) is -0.848. The zero-order valence-corrected chi connectivity index (χ0v) is 7.43. The van der Waals surface area contributed by atoms with E-state index in [-0.39, 0.29) is 6.42 Å². The van der Waals surface area contributed by atoms with Crippen LogP contribution >= 0.6 is 0 Å². The van der Waals surface area contributed by atoms with E-state index >= 15 is 0 Å². The van der Waals surface area contributed by atoms with E-state index < -0.39 is 30.4 Å². The van der Waals surface area contributed by atoms with Gasteiger partial charge < -0.3 is 15.3 Å². The van der Waals surface area contributed by atoms with Gasteiger partial charge in [-0.1, -0.05) is 13.3 Å². The monoisotopic (exact) mass is 190 g/mol. The van der Waals surface area contributed by atoms with Crippen LogP contribution in [0.2, 0.25) is 0 Å². The third-order valence-corrected chi connectivity index (χ3v) is 1.72. The fourth-order valence-electron chi connectivity index (χ4n) is 0.998. The van der Waals surface area contributed by atoms with Crippen LogP contribution in [0.4, 0.5) is 0 Å². The molecule has 2 atom stereocenters. The number of rotatable bonds is 6. The number of carboxylic acid groups (broad SMARTS) is 1. The standard InChI is InChI=1S/C8H14O5/c1-2-3-5(8(12)13)7(11)6(10)4-9/h5-6,9-10H,2-4H2,1H3,(H,12,13). The van der Waals surface area contributed by atoms with Gasteiger partial charge in [0.2, 0.25) is 0 Å². The van der Waals surface area contributed by atoms with Gasteiger partial charge in [0.25, 0.3) is 0 Å². The number of aliphatic hydroxyl groups is 2. The molecule has 13 heavy (non-hydrogen) atoms. The van der Waals surface area contributed by atoms with E-state index in [1.54, 1.807) is 6.92 Å². The highest BCUT2D eigenvalue weighted by Gasteiger charge is 2.29. The van der Waals surface area contributed by atoms with Crippen molar-refractivity contribution in [1.29, 1.82) is 0 Å². The molecule has 0 aliphatic rings. The Morgan fingerprint density at radius 3 is 2.23 bits per heavy atom. The molecule has 0 aliphatic carbocycles. The van der Waals surface area contributed by atoms with Crippen molar-refractivity contribution in [3.05, 3.63) is 0 Å². The SMILES string of the molecule is CCCC(C(=O)O)C(=O)C(O)CO. The molecule has 0 heterocycles. The van der Waals surface area contributed by atoms with Gasteiger partial charge in [-0.3, -0.25) is 9.59 Å². The molecule has 0 saturated carbocycles. The van der Waals surface area contributed by atoms with Crippen molar-refractivity contribution < 1.29 is 24.9 Å². The van der Waals surface area contributed by atoms with E-state index in [1.165, 1.54) is 0 Å². The van der Waals surface area contributed by atoms with Crippen LogP contribution in [0, 0.1) is 5.92 Å². The molecule has 0 aromatic rings. The molecule has 0 aliphatic heterocycles. The molecular weight excluding hydrogens is 176 g/mol. The van der Waals surface area contributed by atoms with E-state index in [0.717, 1.165) is 0 Å². The van der Waals surface area contributed by atoms with Gasteiger partial charge in [0.15, 0.2) is 5.78 Å². The van der Waals surface area contributed by atoms with E-state index in [1.807, 2.05) is 0 Å². The van der Waals surface area contributed by atoms with Gasteiger partial charge >= 0.3 is 5.97 Å². The van der Waals surface area contributed by atoms with Crippen LogP contribution < -0.4 is 0 Å². The van der Waals surface area contributed by atoms with Gasteiger partial charge in [0.05, 0.1) is 6.61 Å². The Labute approximate surface area is 76.0 Å². The van der Waals surface area contributed by atoms with Crippen LogP contribution in [0.1, 0.15) is 19.8 Å². The number of hydrogen-bond acceptors (Lipinski definition) is 4. The lowest BCUT2D eigenvalue weighted by atomic mass is 9.95. The van der Waals surface area contributed by atoms with Gasteiger partial charge in [0.1, 0.15) is 12.0 Å². The van der Waals surface area contributed by atoms with Gasteiger partial charge in [-0.15, -0.1) is 0 Å². The van der Waals surface area contributed by atoms with E-state index in [2.05, 4.69) is 0 Å². The Bertz CT molecular complexity index is 189. The van der Waals surface area contributed by atoms with Gasteiger partial charge in [0, 0.05) is 0 Å². The van der Waals surface area contributed by atoms with Crippen molar-refractivity contribution in [1.82, 2.24) is 0 Å². The lowest BCUT2D eigenvalue weighted by Crippen LogP contribution is -2.35. The Balaban J connectivity index is 4.36. The summed E-state index contributed by atoms with van der Waals surface area (Å²) < 4.78 is 0. The first-order valence-electron chi connectivity index (χ1n) is 4.10. The number of aliphatic hydroxyl groups excluding tert-OH is 2. The number of aliphatic carboxylic acids is 1. The normalized spacial score (nSPS) is 15.0. The minimum atomic E-state index is -1.58. The first kappa shape index (κ1) is 12.1. The van der Waals surface area contributed by atoms with Gasteiger partial charge in [-0.2, -0.15) is 0 Å². The Kier molecular flexibility index (Phi) is 5.25. The van der Waals surface area contributed by atoms with Crippen LogP contribution in [-0.2, 0) is 9.59 Å². The molecule has 5 nitrogen and oxygen atoms in total. The molecule has 0 spiro atoms. The molecule has 0 aromatic carbocycles. The number of Topliss-reactive ketones (excluding diaryl/α,β-unsaturated/α-hetero) is 1. The average molecular weight is 190 g/mol. The Hall–Kier alpha value is -0.940. The highest BCUT2D eigenvalue weighted by molar-refractivity contribution is 6.00. The molecule has 0 aromatic heterocycles. The topological polar surface area (TPSA) is 94.8 Å². The number of hydrogen-bond donors (Lipinski definition) is 3. The summed E-state index contributed by atoms with van der Waals surface area (Å²) in [7, 11) is 0. The summed E-state index contributed by atoms with van der Waals surface area (Å²) in [6.45, 7) is 1.01. The number of carbonyl (C=O) groups excluding carboxylic acids is 1. The van der Waals surface area contributed by atoms with Crippen LogP contribution in [0.3, 0.4) is 0 Å². The van der Waals surface area contributed by atoms with Gasteiger partial charge in [-0.25, -0.2) is 0 Å². The minimum Gasteiger partial charge on any atom is -0.481 e. The predicted octanol–water partition coefficient (Wildman–Crippen LogP) is -0.590. The van der Waals surface area contributed by atoms with Crippen LogP contribution in [0.25, 0.3) is 0 Å². The second-order valence-electron chi connectivity index (χ2n) is 2.78. The summed E-state index contributed by atoms with van der Waals surface area (Å²) in [5, 5.41) is 26.0. The zero-order valence-electron chi connectivity index (χ0n) is 7.43. The highest BCUT2D eigenvalue weighted by atomic mass is 16.4. The van der Waals surface area contributed by atoms with Crippen LogP contribution in [0.5, 0.6) is 0 Å². The van der Waals surface area contributed by atoms with Crippen molar-refractivity contribution in [3.63, 3.8) is 0 Å². The number of ketones is 1. The fraction of sp³-hybridized carbons (Fsp3) is 0.750. The maximum atomic E-state index is 11.1. The van der Waals surface area contributed by atoms with E-state index in [9.17, 15) is 9.59 Å². The van der Waals surface area contributed by atoms with Crippen molar-refractivity contribution in [2.45, 2.75) is 25.9 Å². The summed E-state index contributed by atoms with van der Waals surface area (Å²) in [6, 6.07) is 0. The summed E-state index contributed by atoms with van der Waals surface area (Å²) >= 11 is 0. The molecule has 5 heteroatoms. The van der Waals surface area contributed by atoms with Crippen molar-refractivity contribution in [2.75, 3.05) is 6.61 Å². The quantitative estimate of drug-likeness (QED) is 0.486. The summed E-state index contributed by atoms with van der Waals surface area (Å²) in [5.74, 6) is -3.27. The molecule has 0 saturated heterocycles. The molecule has 76 valence electrons. The largest absolute Gasteiger partial charge is 0.481 e. The third kappa shape index (κ3) is 3.52. The molecule has 0 amide bonds. The zero-order chi connectivity index (χ0) is 10.4. The molecule has 3 N–H and O–H groups in total. The van der Waals surface area contributed by atoms with Crippen molar-refractivity contribution in [2.24, 2.45) is 5.92 Å². The second kappa shape index (κ2) is 5.66. The number of carboxylic acids is 1. The van der Waals surface area contributed by atoms with E-state index in [4.69, 9.17) is 15.3 Å². The maximum absolute atomic E-state index is 11.1. The maximum Gasteiger partial charge on any atom is 0.314 e. The lowest BCUT2D eigenvalue weighted by Gasteiger charge is -2.12. The predicted molar refractivity (Wildman–Crippen MR) is 44.1 cm³/mol. The van der Waals surface area contributed by atoms with Crippen LogP contribution in [-0.4, -0.2) is 39.8 Å². The molecule has 0 fully saturated rings. The summed E-state index contributed by atoms with van der Waals surface area (Å²) in [5.41, 5.74) is 0. The summed E-state index contributed by atoms with van der Waals surface area (Å²) in [4.78, 5) is 21.7. The molecule has 2 unspecified atom stereocenters. The van der Waals surface area contributed by atoms with Crippen molar-refractivity contribution >= 4 is 11.8 Å². The Morgan fingerprint density at radius 2 is 1.92 bits per heavy atom. The molecule has 0 bridgehead atoms.